The monoisotopic (exact) mass is 308 g/mol. The van der Waals surface area contributed by atoms with Gasteiger partial charge in [0.15, 0.2) is 0 Å². The summed E-state index contributed by atoms with van der Waals surface area (Å²) < 4.78 is 5.81. The highest BCUT2D eigenvalue weighted by atomic mass is 35.5. The molecule has 2 atom stereocenters. The molecule has 0 saturated carbocycles. The van der Waals surface area contributed by atoms with E-state index in [0.29, 0.717) is 11.6 Å². The molecule has 1 aromatic rings. The van der Waals surface area contributed by atoms with Gasteiger partial charge in [0.05, 0.1) is 5.02 Å². The highest BCUT2D eigenvalue weighted by Gasteiger charge is 2.28. The average molecular weight is 309 g/mol. The zero-order valence-electron chi connectivity index (χ0n) is 12.6. The summed E-state index contributed by atoms with van der Waals surface area (Å²) in [5.41, 5.74) is 0. The second-order valence-corrected chi connectivity index (χ2v) is 6.59. The number of para-hydroxylation sites is 1. The van der Waals surface area contributed by atoms with Crippen molar-refractivity contribution in [2.24, 2.45) is 5.92 Å². The molecule has 116 valence electrons. The summed E-state index contributed by atoms with van der Waals surface area (Å²) >= 11 is 6.11. The van der Waals surface area contributed by atoms with E-state index in [9.17, 15) is 0 Å². The molecule has 2 unspecified atom stereocenters. The summed E-state index contributed by atoms with van der Waals surface area (Å²) in [6.45, 7) is 5.33. The van der Waals surface area contributed by atoms with Crippen LogP contribution >= 0.6 is 11.6 Å². The van der Waals surface area contributed by atoms with Gasteiger partial charge in [-0.25, -0.2) is 0 Å². The van der Waals surface area contributed by atoms with Crippen LogP contribution in [0.2, 0.25) is 5.02 Å². The molecular formula is C17H25ClN2O. The zero-order chi connectivity index (χ0) is 14.5. The third-order valence-electron chi connectivity index (χ3n) is 4.71. The van der Waals surface area contributed by atoms with Crippen LogP contribution in [-0.4, -0.2) is 43.7 Å². The summed E-state index contributed by atoms with van der Waals surface area (Å²) in [5.74, 6) is 1.62. The Labute approximate surface area is 132 Å². The summed E-state index contributed by atoms with van der Waals surface area (Å²) in [6, 6.07) is 8.45. The highest BCUT2D eigenvalue weighted by molar-refractivity contribution is 6.32. The number of ether oxygens (including phenoxy) is 1. The Bertz CT molecular complexity index is 448. The minimum absolute atomic E-state index is 0.698. The van der Waals surface area contributed by atoms with E-state index in [2.05, 4.69) is 10.2 Å². The number of likely N-dealkylation sites (tertiary alicyclic amines) is 1. The molecule has 21 heavy (non-hydrogen) atoms. The number of nitrogens with one attached hydrogen (secondary N) is 1. The van der Waals surface area contributed by atoms with Crippen LogP contribution in [0.3, 0.4) is 0 Å². The quantitative estimate of drug-likeness (QED) is 0.904. The molecule has 0 bridgehead atoms. The minimum Gasteiger partial charge on any atom is -0.491 e. The molecule has 3 rings (SSSR count). The lowest BCUT2D eigenvalue weighted by Crippen LogP contribution is -2.44. The first-order valence-electron chi connectivity index (χ1n) is 8.16. The Hall–Kier alpha value is -0.770. The van der Waals surface area contributed by atoms with Gasteiger partial charge in [-0.15, -0.1) is 0 Å². The summed E-state index contributed by atoms with van der Waals surface area (Å²) in [7, 11) is 0. The van der Waals surface area contributed by atoms with Crippen molar-refractivity contribution in [2.75, 3.05) is 32.8 Å². The molecule has 0 aliphatic carbocycles. The van der Waals surface area contributed by atoms with Gasteiger partial charge in [-0.05, 0) is 56.8 Å². The number of hydrogen-bond donors (Lipinski definition) is 1. The van der Waals surface area contributed by atoms with Gasteiger partial charge >= 0.3 is 0 Å². The van der Waals surface area contributed by atoms with Crippen molar-refractivity contribution in [3.63, 3.8) is 0 Å². The normalized spacial score (nSPS) is 26.9. The molecule has 0 aromatic heterocycles. The van der Waals surface area contributed by atoms with E-state index >= 15 is 0 Å². The smallest absolute Gasteiger partial charge is 0.137 e. The number of halogens is 1. The van der Waals surface area contributed by atoms with Crippen molar-refractivity contribution in [1.82, 2.24) is 10.2 Å². The van der Waals surface area contributed by atoms with E-state index in [-0.39, 0.29) is 0 Å². The molecule has 0 spiro atoms. The van der Waals surface area contributed by atoms with E-state index in [4.69, 9.17) is 16.3 Å². The van der Waals surface area contributed by atoms with Crippen molar-refractivity contribution < 1.29 is 4.74 Å². The molecule has 2 fully saturated rings. The SMILES string of the molecule is Clc1ccccc1OCCN1CCCC(C2CCCN2)C1. The number of benzene rings is 1. The number of hydrogen-bond acceptors (Lipinski definition) is 3. The van der Waals surface area contributed by atoms with E-state index < -0.39 is 0 Å². The third kappa shape index (κ3) is 4.12. The Kier molecular flexibility index (Phi) is 5.39. The Morgan fingerprint density at radius 2 is 2.14 bits per heavy atom. The van der Waals surface area contributed by atoms with Crippen LogP contribution in [0.5, 0.6) is 5.75 Å². The summed E-state index contributed by atoms with van der Waals surface area (Å²) in [6.07, 6.45) is 5.39. The van der Waals surface area contributed by atoms with Gasteiger partial charge in [0.2, 0.25) is 0 Å². The van der Waals surface area contributed by atoms with Gasteiger partial charge in [0.25, 0.3) is 0 Å². The van der Waals surface area contributed by atoms with Gasteiger partial charge in [0, 0.05) is 19.1 Å². The van der Waals surface area contributed by atoms with Crippen LogP contribution in [0.25, 0.3) is 0 Å². The Morgan fingerprint density at radius 1 is 1.24 bits per heavy atom. The lowest BCUT2D eigenvalue weighted by Gasteiger charge is -2.35. The molecule has 1 aromatic carbocycles. The standard InChI is InChI=1S/C17H25ClN2O/c18-15-6-1-2-8-17(15)21-12-11-20-10-4-5-14(13-20)16-7-3-9-19-16/h1-2,6,8,14,16,19H,3-5,7,9-13H2. The molecule has 4 heteroatoms. The van der Waals surface area contributed by atoms with Crippen molar-refractivity contribution in [3.05, 3.63) is 29.3 Å². The van der Waals surface area contributed by atoms with E-state index in [1.54, 1.807) is 0 Å². The van der Waals surface area contributed by atoms with Gasteiger partial charge in [-0.3, -0.25) is 4.90 Å². The van der Waals surface area contributed by atoms with Crippen LogP contribution in [-0.2, 0) is 0 Å². The van der Waals surface area contributed by atoms with Gasteiger partial charge in [0.1, 0.15) is 12.4 Å². The van der Waals surface area contributed by atoms with Gasteiger partial charge < -0.3 is 10.1 Å². The summed E-state index contributed by atoms with van der Waals surface area (Å²) in [5, 5.41) is 4.36. The Morgan fingerprint density at radius 3 is 2.95 bits per heavy atom. The fourth-order valence-corrected chi connectivity index (χ4v) is 3.77. The maximum absolute atomic E-state index is 6.11. The summed E-state index contributed by atoms with van der Waals surface area (Å²) in [4.78, 5) is 2.55. The van der Waals surface area contributed by atoms with Gasteiger partial charge in [-0.1, -0.05) is 23.7 Å². The minimum atomic E-state index is 0.698. The van der Waals surface area contributed by atoms with Crippen molar-refractivity contribution in [3.8, 4) is 5.75 Å². The van der Waals surface area contributed by atoms with E-state index in [1.165, 1.54) is 45.3 Å². The second-order valence-electron chi connectivity index (χ2n) is 6.18. The third-order valence-corrected chi connectivity index (χ3v) is 5.02. The first kappa shape index (κ1) is 15.1. The number of piperidine rings is 1. The number of rotatable bonds is 5. The first-order valence-corrected chi connectivity index (χ1v) is 8.54. The van der Waals surface area contributed by atoms with Crippen LogP contribution in [0.4, 0.5) is 0 Å². The highest BCUT2D eigenvalue weighted by Crippen LogP contribution is 2.25. The molecule has 2 aliphatic rings. The molecule has 2 aliphatic heterocycles. The van der Waals surface area contributed by atoms with Crippen LogP contribution in [0, 0.1) is 5.92 Å². The van der Waals surface area contributed by atoms with Crippen LogP contribution in [0.1, 0.15) is 25.7 Å². The Balaban J connectivity index is 1.43. The lowest BCUT2D eigenvalue weighted by atomic mass is 9.90. The fraction of sp³-hybridized carbons (Fsp3) is 0.647. The second kappa shape index (κ2) is 7.48. The van der Waals surface area contributed by atoms with Crippen molar-refractivity contribution in [2.45, 2.75) is 31.7 Å². The molecule has 2 heterocycles. The van der Waals surface area contributed by atoms with Gasteiger partial charge in [-0.2, -0.15) is 0 Å². The molecule has 3 nitrogen and oxygen atoms in total. The molecular weight excluding hydrogens is 284 g/mol. The number of nitrogens with zero attached hydrogens (tertiary/aromatic N) is 1. The lowest BCUT2D eigenvalue weighted by molar-refractivity contribution is 0.130. The fourth-order valence-electron chi connectivity index (χ4n) is 3.58. The maximum Gasteiger partial charge on any atom is 0.137 e. The first-order chi connectivity index (χ1) is 10.3. The maximum atomic E-state index is 6.11. The average Bonchev–Trinajstić information content (AvgIpc) is 3.04. The largest absolute Gasteiger partial charge is 0.491 e. The molecule has 1 N–H and O–H groups in total. The molecule has 0 radical (unpaired) electrons. The molecule has 0 amide bonds. The van der Waals surface area contributed by atoms with Crippen LogP contribution < -0.4 is 10.1 Å². The van der Waals surface area contributed by atoms with Crippen LogP contribution in [0.15, 0.2) is 24.3 Å². The predicted molar refractivity (Wildman–Crippen MR) is 87.1 cm³/mol. The van der Waals surface area contributed by atoms with E-state index in [1.807, 2.05) is 24.3 Å². The van der Waals surface area contributed by atoms with Crippen molar-refractivity contribution >= 4 is 11.6 Å². The van der Waals surface area contributed by atoms with Crippen molar-refractivity contribution in [1.29, 1.82) is 0 Å². The molecule has 2 saturated heterocycles. The topological polar surface area (TPSA) is 24.5 Å². The predicted octanol–water partition coefficient (Wildman–Crippen LogP) is 3.18. The van der Waals surface area contributed by atoms with E-state index in [0.717, 1.165) is 24.3 Å². The zero-order valence-corrected chi connectivity index (χ0v) is 13.3.